The number of nitriles is 1. The number of amides is 1. The Bertz CT molecular complexity index is 772. The van der Waals surface area contributed by atoms with Crippen LogP contribution in [0.5, 0.6) is 0 Å². The van der Waals surface area contributed by atoms with E-state index in [2.05, 4.69) is 5.32 Å². The minimum atomic E-state index is -1.18. The largest absolute Gasteiger partial charge is 0.398 e. The summed E-state index contributed by atoms with van der Waals surface area (Å²) >= 11 is 5.90. The van der Waals surface area contributed by atoms with Crippen LogP contribution in [0.1, 0.15) is 15.9 Å². The van der Waals surface area contributed by atoms with E-state index < -0.39 is 17.5 Å². The van der Waals surface area contributed by atoms with Crippen molar-refractivity contribution in [2.45, 2.75) is 0 Å². The Labute approximate surface area is 123 Å². The topological polar surface area (TPSA) is 78.9 Å². The third-order valence-corrected chi connectivity index (χ3v) is 3.00. The number of nitrogens with one attached hydrogen (secondary N) is 1. The standard InChI is InChI=1S/C14H8ClF2N3O/c15-9-3-7(6-18)1-2-13(9)20-14(21)8-4-10(16)11(17)5-12(8)19/h1-5H,19H2,(H,20,21). The number of carbonyl (C=O) groups excluding carboxylic acids is 1. The highest BCUT2D eigenvalue weighted by Crippen LogP contribution is 2.25. The number of nitrogens with zero attached hydrogens (tertiary/aromatic N) is 1. The highest BCUT2D eigenvalue weighted by molar-refractivity contribution is 6.34. The molecule has 2 rings (SSSR count). The number of rotatable bonds is 2. The molecule has 0 fully saturated rings. The molecule has 0 spiro atoms. The SMILES string of the molecule is N#Cc1ccc(NC(=O)c2cc(F)c(F)cc2N)c(Cl)c1. The van der Waals surface area contributed by atoms with Crippen molar-refractivity contribution in [2.24, 2.45) is 0 Å². The van der Waals surface area contributed by atoms with Crippen molar-refractivity contribution in [3.05, 3.63) is 58.1 Å². The average Bonchev–Trinajstić information content (AvgIpc) is 2.44. The van der Waals surface area contributed by atoms with Gasteiger partial charge < -0.3 is 11.1 Å². The molecule has 0 saturated carbocycles. The van der Waals surface area contributed by atoms with Gasteiger partial charge in [0.25, 0.3) is 5.91 Å². The Morgan fingerprint density at radius 3 is 2.52 bits per heavy atom. The number of halogens is 3. The zero-order valence-corrected chi connectivity index (χ0v) is 11.2. The maximum Gasteiger partial charge on any atom is 0.257 e. The van der Waals surface area contributed by atoms with E-state index in [0.717, 1.165) is 6.07 Å². The number of hydrogen-bond acceptors (Lipinski definition) is 3. The highest BCUT2D eigenvalue weighted by Gasteiger charge is 2.15. The van der Waals surface area contributed by atoms with Gasteiger partial charge in [-0.05, 0) is 24.3 Å². The van der Waals surface area contributed by atoms with Crippen LogP contribution in [0.4, 0.5) is 20.2 Å². The summed E-state index contributed by atoms with van der Waals surface area (Å²) in [5.41, 5.74) is 5.62. The van der Waals surface area contributed by atoms with Crippen LogP contribution < -0.4 is 11.1 Å². The van der Waals surface area contributed by atoms with Gasteiger partial charge in [0.2, 0.25) is 0 Å². The summed E-state index contributed by atoms with van der Waals surface area (Å²) in [7, 11) is 0. The minimum absolute atomic E-state index is 0.142. The second-order valence-corrected chi connectivity index (χ2v) is 4.52. The molecule has 0 aliphatic rings. The predicted octanol–water partition coefficient (Wildman–Crippen LogP) is 3.32. The molecule has 0 aromatic heterocycles. The fourth-order valence-corrected chi connectivity index (χ4v) is 1.86. The fourth-order valence-electron chi connectivity index (χ4n) is 1.63. The number of nitrogens with two attached hydrogens (primary N) is 1. The van der Waals surface area contributed by atoms with Gasteiger partial charge >= 0.3 is 0 Å². The average molecular weight is 308 g/mol. The fraction of sp³-hybridized carbons (Fsp3) is 0. The molecule has 7 heteroatoms. The van der Waals surface area contributed by atoms with Crippen LogP contribution in [0.15, 0.2) is 30.3 Å². The van der Waals surface area contributed by atoms with E-state index >= 15 is 0 Å². The zero-order chi connectivity index (χ0) is 15.6. The molecule has 2 aromatic carbocycles. The van der Waals surface area contributed by atoms with E-state index in [1.165, 1.54) is 18.2 Å². The molecule has 106 valence electrons. The van der Waals surface area contributed by atoms with Crippen molar-refractivity contribution >= 4 is 28.9 Å². The molecule has 0 aliphatic heterocycles. The van der Waals surface area contributed by atoms with Crippen LogP contribution in [0.25, 0.3) is 0 Å². The lowest BCUT2D eigenvalue weighted by Crippen LogP contribution is -2.15. The van der Waals surface area contributed by atoms with Gasteiger partial charge in [0.15, 0.2) is 11.6 Å². The van der Waals surface area contributed by atoms with Crippen molar-refractivity contribution in [3.8, 4) is 6.07 Å². The molecule has 0 radical (unpaired) electrons. The predicted molar refractivity (Wildman–Crippen MR) is 74.9 cm³/mol. The molecule has 1 amide bonds. The van der Waals surface area contributed by atoms with E-state index in [0.29, 0.717) is 11.6 Å². The van der Waals surface area contributed by atoms with Gasteiger partial charge in [0, 0.05) is 11.8 Å². The molecule has 0 unspecified atom stereocenters. The summed E-state index contributed by atoms with van der Waals surface area (Å²) in [5, 5.41) is 11.3. The van der Waals surface area contributed by atoms with Gasteiger partial charge in [0.1, 0.15) is 0 Å². The van der Waals surface area contributed by atoms with Gasteiger partial charge in [-0.3, -0.25) is 4.79 Å². The van der Waals surface area contributed by atoms with E-state index in [4.69, 9.17) is 22.6 Å². The molecule has 0 atom stereocenters. The zero-order valence-electron chi connectivity index (χ0n) is 10.5. The van der Waals surface area contributed by atoms with Crippen LogP contribution in [0.2, 0.25) is 5.02 Å². The number of nitrogen functional groups attached to an aromatic ring is 1. The molecule has 21 heavy (non-hydrogen) atoms. The minimum Gasteiger partial charge on any atom is -0.398 e. The summed E-state index contributed by atoms with van der Waals surface area (Å²) in [6, 6.07) is 7.57. The van der Waals surface area contributed by atoms with E-state index in [1.54, 1.807) is 0 Å². The molecule has 0 bridgehead atoms. The maximum atomic E-state index is 13.2. The lowest BCUT2D eigenvalue weighted by molar-refractivity contribution is 0.102. The van der Waals surface area contributed by atoms with Crippen LogP contribution in [-0.4, -0.2) is 5.91 Å². The third-order valence-electron chi connectivity index (χ3n) is 2.68. The van der Waals surface area contributed by atoms with Crippen molar-refractivity contribution in [2.75, 3.05) is 11.1 Å². The Hall–Kier alpha value is -2.65. The monoisotopic (exact) mass is 307 g/mol. The maximum absolute atomic E-state index is 13.2. The summed E-state index contributed by atoms with van der Waals surface area (Å²) < 4.78 is 26.1. The summed E-state index contributed by atoms with van der Waals surface area (Å²) in [6.07, 6.45) is 0. The number of benzene rings is 2. The number of hydrogen-bond donors (Lipinski definition) is 2. The Balaban J connectivity index is 2.31. The first-order valence-electron chi connectivity index (χ1n) is 5.68. The Morgan fingerprint density at radius 1 is 1.24 bits per heavy atom. The van der Waals surface area contributed by atoms with Crippen molar-refractivity contribution in [1.29, 1.82) is 5.26 Å². The molecule has 4 nitrogen and oxygen atoms in total. The third kappa shape index (κ3) is 3.09. The second kappa shape index (κ2) is 5.77. The summed E-state index contributed by atoms with van der Waals surface area (Å²) in [6.45, 7) is 0. The van der Waals surface area contributed by atoms with Crippen LogP contribution in [-0.2, 0) is 0 Å². The molecule has 0 heterocycles. The quantitative estimate of drug-likeness (QED) is 0.835. The van der Waals surface area contributed by atoms with Gasteiger partial charge in [-0.1, -0.05) is 11.6 Å². The summed E-state index contributed by atoms with van der Waals surface area (Å²) in [5.74, 6) is -3.06. The van der Waals surface area contributed by atoms with Gasteiger partial charge in [-0.2, -0.15) is 5.26 Å². The first-order valence-corrected chi connectivity index (χ1v) is 6.05. The molecular formula is C14H8ClF2N3O. The number of anilines is 2. The Morgan fingerprint density at radius 2 is 1.90 bits per heavy atom. The lowest BCUT2D eigenvalue weighted by atomic mass is 10.1. The van der Waals surface area contributed by atoms with E-state index in [9.17, 15) is 13.6 Å². The molecule has 2 aromatic rings. The molecule has 0 saturated heterocycles. The van der Waals surface area contributed by atoms with E-state index in [1.807, 2.05) is 6.07 Å². The summed E-state index contributed by atoms with van der Waals surface area (Å²) in [4.78, 5) is 12.0. The van der Waals surface area contributed by atoms with Crippen molar-refractivity contribution in [3.63, 3.8) is 0 Å². The first kappa shape index (κ1) is 14.8. The Kier molecular flexibility index (Phi) is 4.05. The van der Waals surface area contributed by atoms with Gasteiger partial charge in [-0.15, -0.1) is 0 Å². The second-order valence-electron chi connectivity index (χ2n) is 4.11. The molecule has 3 N–H and O–H groups in total. The van der Waals surface area contributed by atoms with Crippen LogP contribution in [0.3, 0.4) is 0 Å². The van der Waals surface area contributed by atoms with Gasteiger partial charge in [0.05, 0.1) is 27.9 Å². The van der Waals surface area contributed by atoms with Crippen LogP contribution in [0, 0.1) is 23.0 Å². The smallest absolute Gasteiger partial charge is 0.257 e. The normalized spacial score (nSPS) is 10.0. The van der Waals surface area contributed by atoms with E-state index in [-0.39, 0.29) is 22.0 Å². The lowest BCUT2D eigenvalue weighted by Gasteiger charge is -2.09. The van der Waals surface area contributed by atoms with Crippen molar-refractivity contribution < 1.29 is 13.6 Å². The van der Waals surface area contributed by atoms with Crippen molar-refractivity contribution in [1.82, 2.24) is 0 Å². The van der Waals surface area contributed by atoms with Crippen LogP contribution >= 0.6 is 11.6 Å². The number of carbonyl (C=O) groups is 1. The first-order chi connectivity index (χ1) is 9.92. The molecule has 0 aliphatic carbocycles. The highest BCUT2D eigenvalue weighted by atomic mass is 35.5. The van der Waals surface area contributed by atoms with Gasteiger partial charge in [-0.25, -0.2) is 8.78 Å². The molecular weight excluding hydrogens is 300 g/mol.